The molecule has 0 radical (unpaired) electrons. The lowest BCUT2D eigenvalue weighted by Crippen LogP contribution is -2.53. The second-order valence-corrected chi connectivity index (χ2v) is 8.71. The Balaban J connectivity index is 1.39. The fraction of sp³-hybridized carbons (Fsp3) is 0.350. The van der Waals surface area contributed by atoms with Gasteiger partial charge in [-0.15, -0.1) is 11.3 Å². The van der Waals surface area contributed by atoms with Gasteiger partial charge >= 0.3 is 0 Å². The third-order valence-electron chi connectivity index (χ3n) is 4.99. The number of aromatic nitrogens is 2. The van der Waals surface area contributed by atoms with Crippen LogP contribution in [-0.2, 0) is 11.2 Å². The van der Waals surface area contributed by atoms with E-state index in [0.717, 1.165) is 34.7 Å². The smallest absolute Gasteiger partial charge is 0.239 e. The highest BCUT2D eigenvalue weighted by Gasteiger charge is 2.27. The topological polar surface area (TPSA) is 75.4 Å². The van der Waals surface area contributed by atoms with Gasteiger partial charge in [-0.1, -0.05) is 23.7 Å². The van der Waals surface area contributed by atoms with Gasteiger partial charge in [0.05, 0.1) is 16.3 Å². The van der Waals surface area contributed by atoms with E-state index in [9.17, 15) is 4.79 Å². The zero-order valence-corrected chi connectivity index (χ0v) is 17.2. The van der Waals surface area contributed by atoms with Crippen LogP contribution in [0.3, 0.4) is 0 Å². The molecular formula is C20H22ClN5OS. The molecule has 3 heterocycles. The summed E-state index contributed by atoms with van der Waals surface area (Å²) >= 11 is 7.63. The van der Waals surface area contributed by atoms with E-state index in [-0.39, 0.29) is 5.91 Å². The summed E-state index contributed by atoms with van der Waals surface area (Å²) in [5.41, 5.74) is 8.18. The average Bonchev–Trinajstić information content (AvgIpc) is 3.09. The summed E-state index contributed by atoms with van der Waals surface area (Å²) in [6, 6.07) is 9.01. The number of piperazine rings is 1. The number of hydrogen-bond acceptors (Lipinski definition) is 6. The van der Waals surface area contributed by atoms with E-state index in [2.05, 4.69) is 27.9 Å². The Morgan fingerprint density at radius 1 is 1.21 bits per heavy atom. The van der Waals surface area contributed by atoms with E-state index < -0.39 is 6.04 Å². The van der Waals surface area contributed by atoms with E-state index in [1.54, 1.807) is 17.7 Å². The van der Waals surface area contributed by atoms with E-state index >= 15 is 0 Å². The molecule has 0 saturated carbocycles. The number of aryl methyl sites for hydroxylation is 1. The van der Waals surface area contributed by atoms with Gasteiger partial charge in [0.2, 0.25) is 5.91 Å². The summed E-state index contributed by atoms with van der Waals surface area (Å²) < 4.78 is 1.11. The number of carbonyl (C=O) groups is 1. The summed E-state index contributed by atoms with van der Waals surface area (Å²) in [6.45, 7) is 4.84. The van der Waals surface area contributed by atoms with Gasteiger partial charge in [-0.05, 0) is 37.1 Å². The van der Waals surface area contributed by atoms with Crippen LogP contribution in [0.2, 0.25) is 5.02 Å². The molecule has 1 aromatic carbocycles. The van der Waals surface area contributed by atoms with Gasteiger partial charge in [0.1, 0.15) is 12.1 Å². The fourth-order valence-electron chi connectivity index (χ4n) is 3.52. The number of amides is 1. The highest BCUT2D eigenvalue weighted by Crippen LogP contribution is 2.31. The minimum atomic E-state index is -0.543. The monoisotopic (exact) mass is 415 g/mol. The first-order chi connectivity index (χ1) is 13.5. The third kappa shape index (κ3) is 3.97. The highest BCUT2D eigenvalue weighted by atomic mass is 35.5. The molecule has 1 fully saturated rings. The SMILES string of the molecule is Cc1cc2ncnc(N3CCN(C(=O)[C@H](N)Cc4ccc(Cl)cc4)CC3)c2s1. The van der Waals surface area contributed by atoms with Crippen LogP contribution in [0.25, 0.3) is 10.2 Å². The Labute approximate surface area is 172 Å². The maximum atomic E-state index is 12.8. The molecule has 0 bridgehead atoms. The average molecular weight is 416 g/mol. The van der Waals surface area contributed by atoms with Crippen LogP contribution in [0.5, 0.6) is 0 Å². The molecule has 28 heavy (non-hydrogen) atoms. The summed E-state index contributed by atoms with van der Waals surface area (Å²) in [4.78, 5) is 26.9. The van der Waals surface area contributed by atoms with Crippen molar-refractivity contribution in [2.45, 2.75) is 19.4 Å². The van der Waals surface area contributed by atoms with Crippen LogP contribution in [-0.4, -0.2) is 53.0 Å². The number of carbonyl (C=O) groups excluding carboxylic acids is 1. The lowest BCUT2D eigenvalue weighted by molar-refractivity contribution is -0.132. The second-order valence-electron chi connectivity index (χ2n) is 7.02. The van der Waals surface area contributed by atoms with Crippen LogP contribution < -0.4 is 10.6 Å². The molecular weight excluding hydrogens is 394 g/mol. The van der Waals surface area contributed by atoms with Crippen LogP contribution >= 0.6 is 22.9 Å². The molecule has 1 saturated heterocycles. The number of halogens is 1. The van der Waals surface area contributed by atoms with Crippen LogP contribution in [0, 0.1) is 6.92 Å². The molecule has 0 spiro atoms. The molecule has 146 valence electrons. The van der Waals surface area contributed by atoms with Crippen LogP contribution in [0.1, 0.15) is 10.4 Å². The number of nitrogens with two attached hydrogens (primary N) is 1. The van der Waals surface area contributed by atoms with Gasteiger partial charge in [0.15, 0.2) is 0 Å². The molecule has 1 aliphatic rings. The van der Waals surface area contributed by atoms with Crippen molar-refractivity contribution >= 4 is 44.9 Å². The number of benzene rings is 1. The normalized spacial score (nSPS) is 15.8. The Hall–Kier alpha value is -2.22. The molecule has 8 heteroatoms. The van der Waals surface area contributed by atoms with E-state index in [4.69, 9.17) is 17.3 Å². The molecule has 1 aliphatic heterocycles. The van der Waals surface area contributed by atoms with Crippen molar-refractivity contribution in [1.82, 2.24) is 14.9 Å². The van der Waals surface area contributed by atoms with Crippen molar-refractivity contribution in [3.8, 4) is 0 Å². The van der Waals surface area contributed by atoms with Crippen molar-refractivity contribution < 1.29 is 4.79 Å². The van der Waals surface area contributed by atoms with E-state index in [1.165, 1.54) is 4.88 Å². The number of rotatable bonds is 4. The number of thiophene rings is 1. The van der Waals surface area contributed by atoms with Crippen molar-refractivity contribution in [1.29, 1.82) is 0 Å². The first-order valence-electron chi connectivity index (χ1n) is 9.26. The predicted molar refractivity (Wildman–Crippen MR) is 114 cm³/mol. The molecule has 3 aromatic rings. The third-order valence-corrected chi connectivity index (χ3v) is 6.28. The van der Waals surface area contributed by atoms with E-state index in [0.29, 0.717) is 24.5 Å². The zero-order valence-electron chi connectivity index (χ0n) is 15.6. The quantitative estimate of drug-likeness (QED) is 0.709. The Morgan fingerprint density at radius 2 is 1.93 bits per heavy atom. The largest absolute Gasteiger partial charge is 0.352 e. The lowest BCUT2D eigenvalue weighted by atomic mass is 10.1. The summed E-state index contributed by atoms with van der Waals surface area (Å²) in [7, 11) is 0. The second kappa shape index (κ2) is 8.03. The Bertz CT molecular complexity index is 982. The predicted octanol–water partition coefficient (Wildman–Crippen LogP) is 2.87. The molecule has 2 aromatic heterocycles. The Kier molecular flexibility index (Phi) is 5.48. The van der Waals surface area contributed by atoms with Gasteiger partial charge in [0.25, 0.3) is 0 Å². The molecule has 1 atom stereocenters. The minimum Gasteiger partial charge on any atom is -0.352 e. The first-order valence-corrected chi connectivity index (χ1v) is 10.5. The molecule has 1 amide bonds. The van der Waals surface area contributed by atoms with Crippen LogP contribution in [0.4, 0.5) is 5.82 Å². The van der Waals surface area contributed by atoms with Crippen LogP contribution in [0.15, 0.2) is 36.7 Å². The number of fused-ring (bicyclic) bond motifs is 1. The highest BCUT2D eigenvalue weighted by molar-refractivity contribution is 7.19. The van der Waals surface area contributed by atoms with Crippen molar-refractivity contribution in [2.75, 3.05) is 31.1 Å². The fourth-order valence-corrected chi connectivity index (χ4v) is 4.63. The molecule has 2 N–H and O–H groups in total. The zero-order chi connectivity index (χ0) is 19.7. The molecule has 6 nitrogen and oxygen atoms in total. The van der Waals surface area contributed by atoms with Gasteiger partial charge in [-0.3, -0.25) is 4.79 Å². The summed E-state index contributed by atoms with van der Waals surface area (Å²) in [6.07, 6.45) is 2.13. The van der Waals surface area contributed by atoms with Crippen molar-refractivity contribution in [2.24, 2.45) is 5.73 Å². The minimum absolute atomic E-state index is 0.00518. The summed E-state index contributed by atoms with van der Waals surface area (Å²) in [5, 5.41) is 0.680. The maximum Gasteiger partial charge on any atom is 0.239 e. The molecule has 0 aliphatic carbocycles. The van der Waals surface area contributed by atoms with E-state index in [1.807, 2.05) is 29.2 Å². The van der Waals surface area contributed by atoms with Gasteiger partial charge in [-0.2, -0.15) is 0 Å². The maximum absolute atomic E-state index is 12.8. The molecule has 4 rings (SSSR count). The van der Waals surface area contributed by atoms with Gasteiger partial charge in [0, 0.05) is 36.1 Å². The standard InChI is InChI=1S/C20H22ClN5OS/c1-13-10-17-18(28-13)19(24-12-23-17)25-6-8-26(9-7-25)20(27)16(22)11-14-2-4-15(21)5-3-14/h2-5,10,12,16H,6-9,11,22H2,1H3/t16-/m1/s1. The van der Waals surface area contributed by atoms with Gasteiger partial charge in [-0.25, -0.2) is 9.97 Å². The summed E-state index contributed by atoms with van der Waals surface area (Å²) in [5.74, 6) is 0.954. The Morgan fingerprint density at radius 3 is 2.64 bits per heavy atom. The van der Waals surface area contributed by atoms with Crippen molar-refractivity contribution in [3.63, 3.8) is 0 Å². The van der Waals surface area contributed by atoms with Gasteiger partial charge < -0.3 is 15.5 Å². The van der Waals surface area contributed by atoms with Crippen molar-refractivity contribution in [3.05, 3.63) is 52.1 Å². The lowest BCUT2D eigenvalue weighted by Gasteiger charge is -2.36. The number of nitrogens with zero attached hydrogens (tertiary/aromatic N) is 4. The number of hydrogen-bond donors (Lipinski definition) is 1. The molecule has 0 unspecified atom stereocenters. The number of anilines is 1. The first kappa shape index (κ1) is 19.1.